The fraction of sp³-hybridized carbons (Fsp3) is 1.00. The Labute approximate surface area is 64.1 Å². The molecule has 1 heteroatoms. The Kier molecular flexibility index (Phi) is 1.18. The molecule has 10 heavy (non-hydrogen) atoms. The predicted octanol–water partition coefficient (Wildman–Crippen LogP) is 2.67. The van der Waals surface area contributed by atoms with Crippen molar-refractivity contribution in [1.82, 2.24) is 0 Å². The van der Waals surface area contributed by atoms with Crippen LogP contribution < -0.4 is 0 Å². The molecule has 1 saturated carbocycles. The van der Waals surface area contributed by atoms with Crippen LogP contribution in [0.2, 0.25) is 0 Å². The van der Waals surface area contributed by atoms with E-state index >= 15 is 0 Å². The lowest BCUT2D eigenvalue weighted by Gasteiger charge is -2.23. The van der Waals surface area contributed by atoms with E-state index in [-0.39, 0.29) is 0 Å². The first-order valence-corrected chi connectivity index (χ1v) is 6.47. The smallest absolute Gasteiger partial charge is 0.0178 e. The zero-order chi connectivity index (χ0) is 6.55. The molecule has 3 fully saturated rings. The van der Waals surface area contributed by atoms with Gasteiger partial charge in [0.2, 0.25) is 0 Å². The van der Waals surface area contributed by atoms with Crippen molar-refractivity contribution in [1.29, 1.82) is 0 Å². The predicted molar refractivity (Wildman–Crippen MR) is 45.9 cm³/mol. The molecule has 0 spiro atoms. The molecule has 0 aromatic rings. The second-order valence-electron chi connectivity index (χ2n) is 4.21. The number of fused-ring (bicyclic) bond motifs is 5. The molecule has 56 valence electrons. The molecule has 2 aliphatic heterocycles. The molecular formula is C9H15P. The summed E-state index contributed by atoms with van der Waals surface area (Å²) in [5.41, 5.74) is 1.27. The van der Waals surface area contributed by atoms with Crippen LogP contribution in [0.15, 0.2) is 0 Å². The Morgan fingerprint density at radius 3 is 3.00 bits per heavy atom. The van der Waals surface area contributed by atoms with E-state index in [0.29, 0.717) is 7.92 Å². The Morgan fingerprint density at radius 1 is 1.10 bits per heavy atom. The highest BCUT2D eigenvalue weighted by molar-refractivity contribution is 7.59. The molecule has 0 N–H and O–H groups in total. The third-order valence-electron chi connectivity index (χ3n) is 3.86. The van der Waals surface area contributed by atoms with Gasteiger partial charge in [-0.1, -0.05) is 6.42 Å². The lowest BCUT2D eigenvalue weighted by Crippen LogP contribution is -2.17. The summed E-state index contributed by atoms with van der Waals surface area (Å²) in [5, 5.41) is 0. The quantitative estimate of drug-likeness (QED) is 0.470. The van der Waals surface area contributed by atoms with Crippen LogP contribution in [0.3, 0.4) is 0 Å². The summed E-state index contributed by atoms with van der Waals surface area (Å²) in [5.74, 6) is 2.46. The van der Waals surface area contributed by atoms with E-state index < -0.39 is 0 Å². The van der Waals surface area contributed by atoms with E-state index in [1.807, 2.05) is 0 Å². The first-order chi connectivity index (χ1) is 4.95. The number of hydrogen-bond acceptors (Lipinski definition) is 0. The summed E-state index contributed by atoms with van der Waals surface area (Å²) in [6.45, 7) is 0. The van der Waals surface area contributed by atoms with Crippen LogP contribution in [0.5, 0.6) is 0 Å². The van der Waals surface area contributed by atoms with Gasteiger partial charge in [-0.15, -0.1) is 7.92 Å². The van der Waals surface area contributed by atoms with Gasteiger partial charge >= 0.3 is 0 Å². The number of rotatable bonds is 0. The van der Waals surface area contributed by atoms with Gasteiger partial charge in [-0.3, -0.25) is 0 Å². The fourth-order valence-corrected chi connectivity index (χ4v) is 7.42. The average molecular weight is 154 g/mol. The topological polar surface area (TPSA) is 0 Å². The van der Waals surface area contributed by atoms with E-state index in [1.165, 1.54) is 17.5 Å². The lowest BCUT2D eigenvalue weighted by atomic mass is 9.90. The largest absolute Gasteiger partial charge is 0.103 e. The highest BCUT2D eigenvalue weighted by Gasteiger charge is 2.48. The first kappa shape index (κ1) is 6.00. The first-order valence-electron chi connectivity index (χ1n) is 4.69. The van der Waals surface area contributed by atoms with Gasteiger partial charge in [-0.25, -0.2) is 0 Å². The molecule has 0 amide bonds. The molecule has 2 saturated heterocycles. The molecule has 3 aliphatic rings. The minimum absolute atomic E-state index is 0.591. The zero-order valence-electron chi connectivity index (χ0n) is 6.42. The van der Waals surface area contributed by atoms with Gasteiger partial charge in [0.1, 0.15) is 0 Å². The van der Waals surface area contributed by atoms with Crippen molar-refractivity contribution in [2.45, 2.75) is 31.3 Å². The van der Waals surface area contributed by atoms with Crippen LogP contribution in [0.4, 0.5) is 0 Å². The van der Waals surface area contributed by atoms with Crippen molar-refractivity contribution in [3.63, 3.8) is 0 Å². The third-order valence-corrected chi connectivity index (χ3v) is 7.21. The minimum atomic E-state index is 0.591. The van der Waals surface area contributed by atoms with Gasteiger partial charge < -0.3 is 0 Å². The molecule has 0 nitrogen and oxygen atoms in total. The Morgan fingerprint density at radius 2 is 2.10 bits per heavy atom. The van der Waals surface area contributed by atoms with E-state index in [4.69, 9.17) is 0 Å². The standard InChI is InChI=1S/C9H15P/c1-2-8-7-4-5-10(6-7)9(8)3-1/h7-9H,1-6H2. The molecule has 4 atom stereocenters. The SMILES string of the molecule is C1CC2C3CCP(C3)C2C1. The monoisotopic (exact) mass is 154 g/mol. The van der Waals surface area contributed by atoms with Gasteiger partial charge in [-0.05, 0) is 49.1 Å². The van der Waals surface area contributed by atoms with Crippen molar-refractivity contribution in [3.8, 4) is 0 Å². The Hall–Kier alpha value is 0.430. The normalized spacial score (nSPS) is 57.6. The molecule has 2 heterocycles. The third kappa shape index (κ3) is 0.619. The molecule has 0 aromatic heterocycles. The van der Waals surface area contributed by atoms with Crippen LogP contribution in [0.1, 0.15) is 25.7 Å². The maximum atomic E-state index is 1.69. The molecular weight excluding hydrogens is 139 g/mol. The van der Waals surface area contributed by atoms with E-state index in [2.05, 4.69) is 0 Å². The summed E-state index contributed by atoms with van der Waals surface area (Å²) in [6.07, 6.45) is 9.75. The number of hydrogen-bond donors (Lipinski definition) is 0. The maximum Gasteiger partial charge on any atom is -0.0178 e. The average Bonchev–Trinajstić information content (AvgIpc) is 2.60. The van der Waals surface area contributed by atoms with Crippen molar-refractivity contribution in [3.05, 3.63) is 0 Å². The minimum Gasteiger partial charge on any atom is -0.103 e. The lowest BCUT2D eigenvalue weighted by molar-refractivity contribution is 0.390. The summed E-state index contributed by atoms with van der Waals surface area (Å²) < 4.78 is 0. The summed E-state index contributed by atoms with van der Waals surface area (Å²) >= 11 is 0. The molecule has 1 aliphatic carbocycles. The summed E-state index contributed by atoms with van der Waals surface area (Å²) in [4.78, 5) is 0. The van der Waals surface area contributed by atoms with Gasteiger partial charge in [-0.2, -0.15) is 0 Å². The summed E-state index contributed by atoms with van der Waals surface area (Å²) in [7, 11) is 0.591. The molecule has 0 aromatic carbocycles. The van der Waals surface area contributed by atoms with Crippen molar-refractivity contribution in [2.24, 2.45) is 11.8 Å². The highest BCUT2D eigenvalue weighted by Crippen LogP contribution is 2.66. The second kappa shape index (κ2) is 1.97. The van der Waals surface area contributed by atoms with Crippen LogP contribution in [-0.4, -0.2) is 18.0 Å². The van der Waals surface area contributed by atoms with E-state index in [0.717, 1.165) is 0 Å². The van der Waals surface area contributed by atoms with E-state index in [9.17, 15) is 0 Å². The van der Waals surface area contributed by atoms with Crippen molar-refractivity contribution < 1.29 is 0 Å². The van der Waals surface area contributed by atoms with Gasteiger partial charge in [0.25, 0.3) is 0 Å². The summed E-state index contributed by atoms with van der Waals surface area (Å²) in [6, 6.07) is 0. The maximum absolute atomic E-state index is 1.69. The second-order valence-corrected chi connectivity index (χ2v) is 6.86. The van der Waals surface area contributed by atoms with Crippen LogP contribution >= 0.6 is 7.92 Å². The zero-order valence-corrected chi connectivity index (χ0v) is 7.32. The molecule has 2 bridgehead atoms. The van der Waals surface area contributed by atoms with Gasteiger partial charge in [0.05, 0.1) is 0 Å². The van der Waals surface area contributed by atoms with Crippen molar-refractivity contribution in [2.75, 3.05) is 12.3 Å². The molecule has 3 rings (SSSR count). The fourth-order valence-electron chi connectivity index (χ4n) is 3.44. The molecule has 4 unspecified atom stereocenters. The van der Waals surface area contributed by atoms with Crippen molar-refractivity contribution >= 4 is 7.92 Å². The van der Waals surface area contributed by atoms with Gasteiger partial charge in [0.15, 0.2) is 0 Å². The Balaban J connectivity index is 1.92. The molecule has 0 radical (unpaired) electrons. The Bertz CT molecular complexity index is 139. The highest BCUT2D eigenvalue weighted by atomic mass is 31.1. The van der Waals surface area contributed by atoms with E-state index in [1.54, 1.807) is 38.0 Å². The van der Waals surface area contributed by atoms with Crippen LogP contribution in [0, 0.1) is 11.8 Å². The van der Waals surface area contributed by atoms with Gasteiger partial charge in [0, 0.05) is 0 Å². The van der Waals surface area contributed by atoms with Crippen LogP contribution in [0.25, 0.3) is 0 Å². The van der Waals surface area contributed by atoms with Crippen LogP contribution in [-0.2, 0) is 0 Å².